The number of aromatic carboxylic acids is 1. The molecule has 0 fully saturated rings. The fourth-order valence-corrected chi connectivity index (χ4v) is 2.46. The van der Waals surface area contributed by atoms with Crippen LogP contribution < -0.4 is 0 Å². The quantitative estimate of drug-likeness (QED) is 0.759. The molecule has 2 aromatic carbocycles. The van der Waals surface area contributed by atoms with Gasteiger partial charge in [0.1, 0.15) is 5.82 Å². The standard InChI is InChI=1S/C16H10ClFN2O2/c17-12-3-1-2-11(16(21)22)15(12)14-8-13(19-20-14)9-4-6-10(18)7-5-9/h1-8H,(H,19,20)(H,21,22). The zero-order chi connectivity index (χ0) is 15.7. The van der Waals surface area contributed by atoms with Crippen LogP contribution in [0.25, 0.3) is 22.5 Å². The van der Waals surface area contributed by atoms with Crippen LogP contribution in [0.2, 0.25) is 5.02 Å². The largest absolute Gasteiger partial charge is 0.478 e. The maximum atomic E-state index is 13.0. The van der Waals surface area contributed by atoms with E-state index in [1.807, 2.05) is 0 Å². The summed E-state index contributed by atoms with van der Waals surface area (Å²) >= 11 is 6.12. The lowest BCUT2D eigenvalue weighted by Gasteiger charge is -2.04. The number of carboxylic acid groups (broad SMARTS) is 1. The lowest BCUT2D eigenvalue weighted by atomic mass is 10.0. The summed E-state index contributed by atoms with van der Waals surface area (Å²) in [5, 5.41) is 16.5. The zero-order valence-corrected chi connectivity index (χ0v) is 11.9. The number of carboxylic acids is 1. The molecule has 0 atom stereocenters. The predicted octanol–water partition coefficient (Wildman–Crippen LogP) is 4.23. The van der Waals surface area contributed by atoms with Gasteiger partial charge >= 0.3 is 5.97 Å². The van der Waals surface area contributed by atoms with E-state index in [9.17, 15) is 14.3 Å². The molecule has 22 heavy (non-hydrogen) atoms. The third kappa shape index (κ3) is 2.58. The fourth-order valence-electron chi connectivity index (χ4n) is 2.19. The first-order valence-corrected chi connectivity index (χ1v) is 6.77. The summed E-state index contributed by atoms with van der Waals surface area (Å²) in [6.45, 7) is 0. The Morgan fingerprint density at radius 2 is 1.91 bits per heavy atom. The van der Waals surface area contributed by atoms with Gasteiger partial charge in [-0.05, 0) is 48.0 Å². The topological polar surface area (TPSA) is 66.0 Å². The van der Waals surface area contributed by atoms with E-state index in [1.165, 1.54) is 18.2 Å². The molecule has 6 heteroatoms. The molecular weight excluding hydrogens is 307 g/mol. The van der Waals surface area contributed by atoms with Crippen molar-refractivity contribution in [2.75, 3.05) is 0 Å². The molecule has 110 valence electrons. The van der Waals surface area contributed by atoms with Crippen molar-refractivity contribution in [1.29, 1.82) is 0 Å². The Bertz CT molecular complexity index is 844. The van der Waals surface area contributed by atoms with E-state index in [2.05, 4.69) is 10.2 Å². The van der Waals surface area contributed by atoms with E-state index >= 15 is 0 Å². The van der Waals surface area contributed by atoms with E-state index in [0.717, 1.165) is 5.56 Å². The molecule has 1 heterocycles. The molecule has 3 rings (SSSR count). The monoisotopic (exact) mass is 316 g/mol. The maximum absolute atomic E-state index is 13.0. The summed E-state index contributed by atoms with van der Waals surface area (Å²) in [7, 11) is 0. The Labute approximate surface area is 130 Å². The summed E-state index contributed by atoms with van der Waals surface area (Å²) in [5.41, 5.74) is 2.23. The number of hydrogen-bond donors (Lipinski definition) is 2. The molecule has 0 amide bonds. The average molecular weight is 317 g/mol. The van der Waals surface area contributed by atoms with Gasteiger partial charge in [0.15, 0.2) is 0 Å². The summed E-state index contributed by atoms with van der Waals surface area (Å²) in [6, 6.07) is 12.2. The van der Waals surface area contributed by atoms with Gasteiger partial charge in [-0.25, -0.2) is 9.18 Å². The van der Waals surface area contributed by atoms with E-state index in [-0.39, 0.29) is 11.4 Å². The van der Waals surface area contributed by atoms with Gasteiger partial charge in [0.05, 0.1) is 22.0 Å². The van der Waals surface area contributed by atoms with Crippen LogP contribution in [-0.4, -0.2) is 21.3 Å². The number of rotatable bonds is 3. The second-order valence-corrected chi connectivity index (χ2v) is 5.05. The molecular formula is C16H10ClFN2O2. The smallest absolute Gasteiger partial charge is 0.336 e. The molecule has 0 aliphatic rings. The van der Waals surface area contributed by atoms with Gasteiger partial charge in [-0.1, -0.05) is 17.7 Å². The van der Waals surface area contributed by atoms with Crippen LogP contribution in [0.4, 0.5) is 4.39 Å². The van der Waals surface area contributed by atoms with Crippen molar-refractivity contribution in [3.8, 4) is 22.5 Å². The summed E-state index contributed by atoms with van der Waals surface area (Å²) in [6.07, 6.45) is 0. The van der Waals surface area contributed by atoms with Gasteiger partial charge in [0.2, 0.25) is 0 Å². The first-order chi connectivity index (χ1) is 10.6. The number of aromatic nitrogens is 2. The SMILES string of the molecule is O=C(O)c1cccc(Cl)c1-c1cc(-c2ccc(F)cc2)[nH]n1. The lowest BCUT2D eigenvalue weighted by molar-refractivity contribution is 0.0697. The molecule has 0 saturated carbocycles. The number of halogens is 2. The molecule has 0 aliphatic heterocycles. The van der Waals surface area contributed by atoms with Crippen LogP contribution in [0.15, 0.2) is 48.5 Å². The summed E-state index contributed by atoms with van der Waals surface area (Å²) in [4.78, 5) is 11.3. The number of nitrogens with zero attached hydrogens (tertiary/aromatic N) is 1. The van der Waals surface area contributed by atoms with Crippen LogP contribution >= 0.6 is 11.6 Å². The number of carbonyl (C=O) groups is 1. The van der Waals surface area contributed by atoms with Gasteiger partial charge in [-0.2, -0.15) is 5.10 Å². The third-order valence-corrected chi connectivity index (χ3v) is 3.55. The number of H-pyrrole nitrogens is 1. The molecule has 0 spiro atoms. The maximum Gasteiger partial charge on any atom is 0.336 e. The highest BCUT2D eigenvalue weighted by Crippen LogP contribution is 2.32. The first kappa shape index (κ1) is 14.3. The minimum absolute atomic E-state index is 0.0738. The Morgan fingerprint density at radius 3 is 2.59 bits per heavy atom. The van der Waals surface area contributed by atoms with E-state index in [4.69, 9.17) is 11.6 Å². The second-order valence-electron chi connectivity index (χ2n) is 4.64. The number of aromatic amines is 1. The number of hydrogen-bond acceptors (Lipinski definition) is 2. The number of benzene rings is 2. The van der Waals surface area contributed by atoms with Crippen LogP contribution in [0, 0.1) is 5.82 Å². The van der Waals surface area contributed by atoms with Gasteiger partial charge in [0.25, 0.3) is 0 Å². The Hall–Kier alpha value is -2.66. The van der Waals surface area contributed by atoms with Gasteiger partial charge < -0.3 is 5.11 Å². The molecule has 0 radical (unpaired) electrons. The van der Waals surface area contributed by atoms with Crippen molar-refractivity contribution in [2.45, 2.75) is 0 Å². The molecule has 0 unspecified atom stereocenters. The Balaban J connectivity index is 2.08. The minimum atomic E-state index is -1.08. The molecule has 3 aromatic rings. The predicted molar refractivity (Wildman–Crippen MR) is 81.4 cm³/mol. The van der Waals surface area contributed by atoms with Gasteiger partial charge in [0, 0.05) is 5.56 Å². The van der Waals surface area contributed by atoms with E-state index in [0.29, 0.717) is 22.0 Å². The van der Waals surface area contributed by atoms with Gasteiger partial charge in [-0.15, -0.1) is 0 Å². The second kappa shape index (κ2) is 5.61. The van der Waals surface area contributed by atoms with Crippen molar-refractivity contribution < 1.29 is 14.3 Å². The third-order valence-electron chi connectivity index (χ3n) is 3.23. The van der Waals surface area contributed by atoms with Crippen LogP contribution in [0.1, 0.15) is 10.4 Å². The van der Waals surface area contributed by atoms with Crippen LogP contribution in [0.5, 0.6) is 0 Å². The Morgan fingerprint density at radius 1 is 1.18 bits per heavy atom. The molecule has 1 aromatic heterocycles. The summed E-state index contributed by atoms with van der Waals surface area (Å²) < 4.78 is 13.0. The van der Waals surface area contributed by atoms with Crippen molar-refractivity contribution in [3.05, 3.63) is 64.9 Å². The average Bonchev–Trinajstić information content (AvgIpc) is 2.97. The highest BCUT2D eigenvalue weighted by Gasteiger charge is 2.17. The highest BCUT2D eigenvalue weighted by molar-refractivity contribution is 6.34. The molecule has 4 nitrogen and oxygen atoms in total. The Kier molecular flexibility index (Phi) is 3.65. The van der Waals surface area contributed by atoms with E-state index in [1.54, 1.807) is 30.3 Å². The zero-order valence-electron chi connectivity index (χ0n) is 11.2. The normalized spacial score (nSPS) is 10.6. The van der Waals surface area contributed by atoms with Gasteiger partial charge in [-0.3, -0.25) is 5.10 Å². The van der Waals surface area contributed by atoms with Crippen molar-refractivity contribution in [3.63, 3.8) is 0 Å². The number of nitrogens with one attached hydrogen (secondary N) is 1. The lowest BCUT2D eigenvalue weighted by Crippen LogP contribution is -2.00. The minimum Gasteiger partial charge on any atom is -0.478 e. The first-order valence-electron chi connectivity index (χ1n) is 6.40. The molecule has 2 N–H and O–H groups in total. The van der Waals surface area contributed by atoms with Crippen LogP contribution in [-0.2, 0) is 0 Å². The van der Waals surface area contributed by atoms with E-state index < -0.39 is 5.97 Å². The highest BCUT2D eigenvalue weighted by atomic mass is 35.5. The van der Waals surface area contributed by atoms with Crippen molar-refractivity contribution in [2.24, 2.45) is 0 Å². The van der Waals surface area contributed by atoms with Crippen molar-refractivity contribution >= 4 is 17.6 Å². The molecule has 0 aliphatic carbocycles. The molecule has 0 saturated heterocycles. The van der Waals surface area contributed by atoms with Crippen molar-refractivity contribution in [1.82, 2.24) is 10.2 Å². The van der Waals surface area contributed by atoms with Crippen LogP contribution in [0.3, 0.4) is 0 Å². The fraction of sp³-hybridized carbons (Fsp3) is 0. The molecule has 0 bridgehead atoms. The summed E-state index contributed by atoms with van der Waals surface area (Å²) in [5.74, 6) is -1.41.